The first kappa shape index (κ1) is 13.3. The monoisotopic (exact) mass is 301 g/mol. The van der Waals surface area contributed by atoms with Gasteiger partial charge in [0.2, 0.25) is 0 Å². The molecule has 0 aliphatic rings. The predicted molar refractivity (Wildman–Crippen MR) is 86.3 cm³/mol. The van der Waals surface area contributed by atoms with Gasteiger partial charge in [-0.05, 0) is 12.0 Å². The van der Waals surface area contributed by atoms with Gasteiger partial charge in [-0.1, -0.05) is 37.3 Å². The highest BCUT2D eigenvalue weighted by Gasteiger charge is 2.14. The largest absolute Gasteiger partial charge is 0.375 e. The van der Waals surface area contributed by atoms with Crippen molar-refractivity contribution in [1.29, 1.82) is 0 Å². The Balaban J connectivity index is 1.93. The molecule has 3 rings (SSSR count). The predicted octanol–water partition coefficient (Wildman–Crippen LogP) is 4.00. The number of aromatic nitrogens is 2. The lowest BCUT2D eigenvalue weighted by Crippen LogP contribution is -1.88. The molecule has 3 nitrogen and oxygen atoms in total. The SMILES string of the molecule is CCc1nc(Cc2ccccc2)sc1-c1csc(N)n1. The molecule has 1 aromatic carbocycles. The Kier molecular flexibility index (Phi) is 3.80. The average molecular weight is 301 g/mol. The molecule has 3 aromatic rings. The van der Waals surface area contributed by atoms with Crippen LogP contribution >= 0.6 is 22.7 Å². The quantitative estimate of drug-likeness (QED) is 0.792. The molecule has 102 valence electrons. The summed E-state index contributed by atoms with van der Waals surface area (Å²) in [5.74, 6) is 0. The summed E-state index contributed by atoms with van der Waals surface area (Å²) >= 11 is 3.20. The molecule has 0 amide bonds. The van der Waals surface area contributed by atoms with Gasteiger partial charge in [-0.25, -0.2) is 9.97 Å². The van der Waals surface area contributed by atoms with E-state index in [1.165, 1.54) is 16.9 Å². The van der Waals surface area contributed by atoms with Crippen LogP contribution in [-0.2, 0) is 12.8 Å². The fourth-order valence-electron chi connectivity index (χ4n) is 2.08. The van der Waals surface area contributed by atoms with Gasteiger partial charge in [-0.2, -0.15) is 0 Å². The van der Waals surface area contributed by atoms with E-state index in [-0.39, 0.29) is 0 Å². The number of nitrogen functional groups attached to an aromatic ring is 1. The molecule has 0 spiro atoms. The first-order chi connectivity index (χ1) is 9.76. The van der Waals surface area contributed by atoms with Crippen molar-refractivity contribution in [2.24, 2.45) is 0 Å². The maximum absolute atomic E-state index is 5.73. The molecule has 2 N–H and O–H groups in total. The number of nitrogens with two attached hydrogens (primary N) is 1. The van der Waals surface area contributed by atoms with E-state index in [0.29, 0.717) is 5.13 Å². The second-order valence-electron chi connectivity index (χ2n) is 4.47. The van der Waals surface area contributed by atoms with Gasteiger partial charge in [-0.3, -0.25) is 0 Å². The average Bonchev–Trinajstić information content (AvgIpc) is 3.06. The number of hydrogen-bond donors (Lipinski definition) is 1. The number of nitrogens with zero attached hydrogens (tertiary/aromatic N) is 2. The highest BCUT2D eigenvalue weighted by molar-refractivity contribution is 7.16. The smallest absolute Gasteiger partial charge is 0.180 e. The van der Waals surface area contributed by atoms with E-state index in [2.05, 4.69) is 36.2 Å². The van der Waals surface area contributed by atoms with E-state index < -0.39 is 0 Å². The first-order valence-electron chi connectivity index (χ1n) is 6.50. The maximum atomic E-state index is 5.73. The third-order valence-electron chi connectivity index (χ3n) is 3.03. The minimum atomic E-state index is 0.611. The van der Waals surface area contributed by atoms with Gasteiger partial charge in [0.25, 0.3) is 0 Å². The standard InChI is InChI=1S/C15H15N3S2/c1-2-11-14(12-9-19-15(16)18-12)20-13(17-11)8-10-6-4-3-5-7-10/h3-7,9H,2,8H2,1H3,(H2,16,18). The van der Waals surface area contributed by atoms with Crippen molar-refractivity contribution in [2.75, 3.05) is 5.73 Å². The van der Waals surface area contributed by atoms with Gasteiger partial charge in [0, 0.05) is 11.8 Å². The van der Waals surface area contributed by atoms with E-state index >= 15 is 0 Å². The second-order valence-corrected chi connectivity index (χ2v) is 6.44. The van der Waals surface area contributed by atoms with E-state index in [0.717, 1.165) is 34.1 Å². The normalized spacial score (nSPS) is 10.8. The lowest BCUT2D eigenvalue weighted by molar-refractivity contribution is 1.02. The Morgan fingerprint density at radius 2 is 1.95 bits per heavy atom. The van der Waals surface area contributed by atoms with Gasteiger partial charge in [-0.15, -0.1) is 22.7 Å². The van der Waals surface area contributed by atoms with E-state index in [1.807, 2.05) is 11.4 Å². The number of hydrogen-bond acceptors (Lipinski definition) is 5. The van der Waals surface area contributed by atoms with Crippen molar-refractivity contribution in [3.8, 4) is 10.6 Å². The summed E-state index contributed by atoms with van der Waals surface area (Å²) in [5, 5.41) is 3.75. The second kappa shape index (κ2) is 5.73. The minimum absolute atomic E-state index is 0.611. The fourth-order valence-corrected chi connectivity index (χ4v) is 3.85. The molecule has 5 heteroatoms. The van der Waals surface area contributed by atoms with Gasteiger partial charge in [0.05, 0.1) is 21.3 Å². The van der Waals surface area contributed by atoms with Crippen molar-refractivity contribution < 1.29 is 0 Å². The fraction of sp³-hybridized carbons (Fsp3) is 0.200. The number of anilines is 1. The molecular weight excluding hydrogens is 286 g/mol. The summed E-state index contributed by atoms with van der Waals surface area (Å²) in [5.41, 5.74) is 9.09. The van der Waals surface area contributed by atoms with Crippen LogP contribution in [0.1, 0.15) is 23.2 Å². The topological polar surface area (TPSA) is 51.8 Å². The Morgan fingerprint density at radius 3 is 2.60 bits per heavy atom. The van der Waals surface area contributed by atoms with Crippen molar-refractivity contribution in [3.63, 3.8) is 0 Å². The Bertz CT molecular complexity index is 701. The molecule has 0 radical (unpaired) electrons. The molecular formula is C15H15N3S2. The third-order valence-corrected chi connectivity index (χ3v) is 4.82. The molecule has 2 aromatic heterocycles. The molecule has 0 aliphatic carbocycles. The summed E-state index contributed by atoms with van der Waals surface area (Å²) in [4.78, 5) is 10.3. The van der Waals surface area contributed by atoms with Crippen LogP contribution in [0.25, 0.3) is 10.6 Å². The molecule has 0 fully saturated rings. The van der Waals surface area contributed by atoms with Crippen LogP contribution in [0.5, 0.6) is 0 Å². The zero-order valence-electron chi connectivity index (χ0n) is 11.2. The van der Waals surface area contributed by atoms with Crippen LogP contribution in [0.15, 0.2) is 35.7 Å². The number of rotatable bonds is 4. The summed E-state index contributed by atoms with van der Waals surface area (Å²) < 4.78 is 0. The molecule has 0 atom stereocenters. The zero-order valence-corrected chi connectivity index (χ0v) is 12.8. The van der Waals surface area contributed by atoms with Crippen molar-refractivity contribution in [1.82, 2.24) is 9.97 Å². The summed E-state index contributed by atoms with van der Waals surface area (Å²) in [6.07, 6.45) is 1.79. The molecule has 2 heterocycles. The number of benzene rings is 1. The van der Waals surface area contributed by atoms with E-state index in [4.69, 9.17) is 10.7 Å². The van der Waals surface area contributed by atoms with Crippen LogP contribution in [0.3, 0.4) is 0 Å². The van der Waals surface area contributed by atoms with Crippen molar-refractivity contribution in [2.45, 2.75) is 19.8 Å². The Labute approximate surface area is 126 Å². The maximum Gasteiger partial charge on any atom is 0.180 e. The van der Waals surface area contributed by atoms with Crippen LogP contribution < -0.4 is 5.73 Å². The van der Waals surface area contributed by atoms with E-state index in [9.17, 15) is 0 Å². The molecule has 0 bridgehead atoms. The molecule has 0 unspecified atom stereocenters. The van der Waals surface area contributed by atoms with Gasteiger partial charge >= 0.3 is 0 Å². The van der Waals surface area contributed by atoms with Crippen LogP contribution in [0, 0.1) is 0 Å². The Morgan fingerprint density at radius 1 is 1.15 bits per heavy atom. The number of thiazole rings is 2. The highest BCUT2D eigenvalue weighted by Crippen LogP contribution is 2.33. The highest BCUT2D eigenvalue weighted by atomic mass is 32.1. The molecule has 20 heavy (non-hydrogen) atoms. The lowest BCUT2D eigenvalue weighted by atomic mass is 10.2. The van der Waals surface area contributed by atoms with Crippen molar-refractivity contribution >= 4 is 27.8 Å². The van der Waals surface area contributed by atoms with Crippen LogP contribution in [0.4, 0.5) is 5.13 Å². The Hall–Kier alpha value is -1.72. The molecule has 0 saturated heterocycles. The van der Waals surface area contributed by atoms with E-state index in [1.54, 1.807) is 11.3 Å². The summed E-state index contributed by atoms with van der Waals surface area (Å²) in [7, 11) is 0. The molecule has 0 aliphatic heterocycles. The first-order valence-corrected chi connectivity index (χ1v) is 8.19. The van der Waals surface area contributed by atoms with Crippen molar-refractivity contribution in [3.05, 3.63) is 52.0 Å². The van der Waals surface area contributed by atoms with Crippen LogP contribution in [0.2, 0.25) is 0 Å². The summed E-state index contributed by atoms with van der Waals surface area (Å²) in [6.45, 7) is 2.13. The lowest BCUT2D eigenvalue weighted by Gasteiger charge is -1.95. The number of aryl methyl sites for hydroxylation is 1. The van der Waals surface area contributed by atoms with Crippen LogP contribution in [-0.4, -0.2) is 9.97 Å². The zero-order chi connectivity index (χ0) is 13.9. The summed E-state index contributed by atoms with van der Waals surface area (Å²) in [6, 6.07) is 10.4. The third kappa shape index (κ3) is 2.73. The molecule has 0 saturated carbocycles. The van der Waals surface area contributed by atoms with Gasteiger partial charge < -0.3 is 5.73 Å². The van der Waals surface area contributed by atoms with Gasteiger partial charge in [0.1, 0.15) is 0 Å². The van der Waals surface area contributed by atoms with Gasteiger partial charge in [0.15, 0.2) is 5.13 Å². The minimum Gasteiger partial charge on any atom is -0.375 e.